The fourth-order valence-electron chi connectivity index (χ4n) is 4.92. The van der Waals surface area contributed by atoms with Crippen molar-refractivity contribution in [3.05, 3.63) is 129 Å². The van der Waals surface area contributed by atoms with Gasteiger partial charge in [-0.2, -0.15) is 0 Å². The van der Waals surface area contributed by atoms with E-state index in [0.717, 1.165) is 38.4 Å². The van der Waals surface area contributed by atoms with Crippen molar-refractivity contribution in [2.45, 2.75) is 6.42 Å². The van der Waals surface area contributed by atoms with Crippen LogP contribution in [0.4, 0.5) is 5.69 Å². The van der Waals surface area contributed by atoms with Crippen molar-refractivity contribution in [2.24, 2.45) is 0 Å². The number of methoxy groups -OCH3 is 1. The molecule has 0 radical (unpaired) electrons. The molecule has 0 unspecified atom stereocenters. The lowest BCUT2D eigenvalue weighted by Crippen LogP contribution is -2.26. The van der Waals surface area contributed by atoms with Gasteiger partial charge in [-0.05, 0) is 58.7 Å². The van der Waals surface area contributed by atoms with E-state index in [-0.39, 0.29) is 5.91 Å². The number of hydrogen-bond donors (Lipinski definition) is 1. The van der Waals surface area contributed by atoms with Crippen LogP contribution in [0.15, 0.2) is 85.4 Å². The molecule has 1 aliphatic rings. The summed E-state index contributed by atoms with van der Waals surface area (Å²) in [6.07, 6.45) is 2.48. The van der Waals surface area contributed by atoms with Gasteiger partial charge >= 0.3 is 5.97 Å². The third-order valence-electron chi connectivity index (χ3n) is 7.16. The van der Waals surface area contributed by atoms with Crippen molar-refractivity contribution < 1.29 is 19.1 Å². The Morgan fingerprint density at radius 2 is 1.68 bits per heavy atom. The predicted molar refractivity (Wildman–Crippen MR) is 164 cm³/mol. The molecule has 0 aromatic heterocycles. The zero-order chi connectivity index (χ0) is 29.1. The Morgan fingerprint density at radius 1 is 0.927 bits per heavy atom. The minimum Gasteiger partial charge on any atom is -0.465 e. The molecule has 0 fully saturated rings. The normalized spacial score (nSPS) is 11.5. The molecule has 41 heavy (non-hydrogen) atoms. The largest absolute Gasteiger partial charge is 0.465 e. The molecule has 0 bridgehead atoms. The number of hydrogen-bond acceptors (Lipinski definition) is 5. The second-order valence-electron chi connectivity index (χ2n) is 10.1. The number of nitrogens with zero attached hydrogens (tertiary/aromatic N) is 1. The summed E-state index contributed by atoms with van der Waals surface area (Å²) in [5.41, 5.74) is 6.12. The summed E-state index contributed by atoms with van der Waals surface area (Å²) >= 11 is 0. The molecule has 1 N–H and O–H groups in total. The molecule has 0 saturated heterocycles. The molecule has 0 atom stereocenters. The first-order valence-electron chi connectivity index (χ1n) is 13.3. The minimum absolute atomic E-state index is 0.264. The van der Waals surface area contributed by atoms with Gasteiger partial charge in [-0.3, -0.25) is 4.79 Å². The Morgan fingerprint density at radius 3 is 2.39 bits per heavy atom. The molecular weight excluding hydrogens is 512 g/mol. The molecule has 206 valence electrons. The Kier molecular flexibility index (Phi) is 7.74. The molecule has 4 aromatic carbocycles. The van der Waals surface area contributed by atoms with Crippen LogP contribution < -0.4 is 25.4 Å². The number of rotatable bonds is 8. The highest BCUT2D eigenvalue weighted by atomic mass is 16.5. The van der Waals surface area contributed by atoms with Crippen LogP contribution in [0.3, 0.4) is 0 Å². The summed E-state index contributed by atoms with van der Waals surface area (Å²) in [6, 6.07) is 24.9. The van der Waals surface area contributed by atoms with Crippen molar-refractivity contribution in [1.29, 1.82) is 0 Å². The van der Waals surface area contributed by atoms with E-state index in [2.05, 4.69) is 18.5 Å². The number of benzene rings is 4. The summed E-state index contributed by atoms with van der Waals surface area (Å²) in [6.45, 7) is 8.28. The van der Waals surface area contributed by atoms with Gasteiger partial charge in [-0.25, -0.2) is 4.79 Å². The average Bonchev–Trinajstić information content (AvgIpc) is 2.99. The van der Waals surface area contributed by atoms with Gasteiger partial charge < -0.3 is 19.7 Å². The Bertz CT molecular complexity index is 1770. The number of nitrogens with one attached hydrogen (secondary N) is 1. The van der Waals surface area contributed by atoms with Crippen LogP contribution in [0.2, 0.25) is 0 Å². The number of carbonyl (C=O) groups is 2. The quantitative estimate of drug-likeness (QED) is 0.281. The van der Waals surface area contributed by atoms with E-state index < -0.39 is 5.97 Å². The Hall–Kier alpha value is -5.10. The standard InChI is InChI=1S/C35H32N2O4/c1-6-23-8-10-24(11-9-23)17-18-36-34(38)25-12-15-27(30(20-25)35(39)40-5)33-28-14-7-22(2)19-31(28)41-32-21-26(37(3)4)13-16-29(32)33/h6-16,19-21H,1-2,17-18H2,3-5H3,(H,36,38). The summed E-state index contributed by atoms with van der Waals surface area (Å²) in [7, 11) is 5.27. The molecule has 0 saturated carbocycles. The third-order valence-corrected chi connectivity index (χ3v) is 7.16. The second-order valence-corrected chi connectivity index (χ2v) is 10.1. The van der Waals surface area contributed by atoms with Crippen molar-refractivity contribution in [3.8, 4) is 11.5 Å². The molecule has 6 heteroatoms. The van der Waals surface area contributed by atoms with Gasteiger partial charge in [0.1, 0.15) is 11.5 Å². The summed E-state index contributed by atoms with van der Waals surface area (Å²) in [5.74, 6) is 0.523. The summed E-state index contributed by atoms with van der Waals surface area (Å²) in [4.78, 5) is 28.2. The first kappa shape index (κ1) is 27.5. The molecule has 1 amide bonds. The maximum Gasteiger partial charge on any atom is 0.338 e. The molecule has 4 aromatic rings. The number of amides is 1. The number of carbonyl (C=O) groups excluding carboxylic acids is 2. The average molecular weight is 545 g/mol. The van der Waals surface area contributed by atoms with Crippen LogP contribution in [0.1, 0.15) is 43.0 Å². The van der Waals surface area contributed by atoms with Crippen LogP contribution in [-0.4, -0.2) is 39.6 Å². The maximum absolute atomic E-state index is 13.1. The van der Waals surface area contributed by atoms with Crippen LogP contribution in [0.5, 0.6) is 11.5 Å². The van der Waals surface area contributed by atoms with Gasteiger partial charge in [0.2, 0.25) is 0 Å². The van der Waals surface area contributed by atoms with Gasteiger partial charge in [0.05, 0.1) is 12.7 Å². The van der Waals surface area contributed by atoms with Gasteiger partial charge in [0, 0.05) is 54.3 Å². The number of ether oxygens (including phenoxy) is 2. The third kappa shape index (κ3) is 5.63. The molecule has 5 rings (SSSR count). The highest BCUT2D eigenvalue weighted by molar-refractivity contribution is 6.03. The Balaban J connectivity index is 1.53. The molecule has 1 aliphatic heterocycles. The smallest absolute Gasteiger partial charge is 0.338 e. The van der Waals surface area contributed by atoms with Gasteiger partial charge in [0.25, 0.3) is 5.91 Å². The highest BCUT2D eigenvalue weighted by Gasteiger charge is 2.25. The van der Waals surface area contributed by atoms with Gasteiger partial charge in [0.15, 0.2) is 0 Å². The van der Waals surface area contributed by atoms with Crippen molar-refractivity contribution in [2.75, 3.05) is 32.6 Å². The summed E-state index contributed by atoms with van der Waals surface area (Å²) < 4.78 is 11.5. The second kappa shape index (κ2) is 11.6. The molecular formula is C35H32N2O4. The van der Waals surface area contributed by atoms with Crippen molar-refractivity contribution in [3.63, 3.8) is 0 Å². The molecule has 6 nitrogen and oxygen atoms in total. The number of fused-ring (bicyclic) bond motifs is 2. The van der Waals surface area contributed by atoms with E-state index in [0.29, 0.717) is 41.2 Å². The lowest BCUT2D eigenvalue weighted by molar-refractivity contribution is 0.0600. The highest BCUT2D eigenvalue weighted by Crippen LogP contribution is 2.39. The van der Waals surface area contributed by atoms with Gasteiger partial charge in [-0.15, -0.1) is 0 Å². The van der Waals surface area contributed by atoms with Crippen LogP contribution in [0.25, 0.3) is 18.2 Å². The zero-order valence-electron chi connectivity index (χ0n) is 23.5. The fourth-order valence-corrected chi connectivity index (χ4v) is 4.92. The molecule has 0 spiro atoms. The molecule has 0 aliphatic carbocycles. The molecule has 1 heterocycles. The lowest BCUT2D eigenvalue weighted by Gasteiger charge is -2.24. The van der Waals surface area contributed by atoms with Crippen molar-refractivity contribution >= 4 is 35.8 Å². The van der Waals surface area contributed by atoms with Gasteiger partial charge in [-0.1, -0.05) is 61.7 Å². The van der Waals surface area contributed by atoms with E-state index >= 15 is 0 Å². The SMILES string of the molecule is C=Cc1ccc(CCNC(=O)c2ccc(C3=c4ccc(=C)cc4Oc4cc(N(C)C)ccc43)c(C(=O)OC)c2)cc1. The topological polar surface area (TPSA) is 67.9 Å². The van der Waals surface area contributed by atoms with Crippen LogP contribution in [-0.2, 0) is 11.2 Å². The van der Waals surface area contributed by atoms with E-state index in [4.69, 9.17) is 9.47 Å². The van der Waals surface area contributed by atoms with E-state index in [9.17, 15) is 9.59 Å². The van der Waals surface area contributed by atoms with Crippen LogP contribution in [0, 0.1) is 0 Å². The van der Waals surface area contributed by atoms with Crippen LogP contribution >= 0.6 is 0 Å². The lowest BCUT2D eigenvalue weighted by atomic mass is 9.88. The fraction of sp³-hybridized carbons (Fsp3) is 0.143. The van der Waals surface area contributed by atoms with E-state index in [1.165, 1.54) is 7.11 Å². The van der Waals surface area contributed by atoms with E-state index in [1.807, 2.05) is 79.7 Å². The zero-order valence-corrected chi connectivity index (χ0v) is 23.5. The number of anilines is 1. The first-order valence-corrected chi connectivity index (χ1v) is 13.3. The first-order chi connectivity index (χ1) is 19.8. The monoisotopic (exact) mass is 544 g/mol. The van der Waals surface area contributed by atoms with E-state index in [1.54, 1.807) is 24.3 Å². The van der Waals surface area contributed by atoms with Crippen molar-refractivity contribution in [1.82, 2.24) is 5.32 Å². The minimum atomic E-state index is -0.530. The summed E-state index contributed by atoms with van der Waals surface area (Å²) in [5, 5.41) is 4.60. The Labute approximate surface area is 239 Å². The maximum atomic E-state index is 13.1. The predicted octanol–water partition coefficient (Wildman–Crippen LogP) is 4.92. The number of esters is 1.